The fourth-order valence-electron chi connectivity index (χ4n) is 3.12. The Labute approximate surface area is 128 Å². The minimum absolute atomic E-state index is 0.0904. The zero-order valence-corrected chi connectivity index (χ0v) is 12.7. The number of nitrogens with zero attached hydrogens (tertiary/aromatic N) is 4. The Balaban J connectivity index is 1.84. The number of para-hydroxylation sites is 1. The number of fused-ring (bicyclic) bond motifs is 1. The summed E-state index contributed by atoms with van der Waals surface area (Å²) in [7, 11) is 1.60. The molecule has 1 atom stereocenters. The van der Waals surface area contributed by atoms with Crippen molar-refractivity contribution in [1.82, 2.24) is 25.2 Å². The van der Waals surface area contributed by atoms with Crippen LogP contribution in [-0.2, 0) is 16.1 Å². The molecule has 1 unspecified atom stereocenters. The van der Waals surface area contributed by atoms with Gasteiger partial charge in [0.1, 0.15) is 17.6 Å². The Kier molecular flexibility index (Phi) is 3.56. The summed E-state index contributed by atoms with van der Waals surface area (Å²) in [5.74, 6) is -0.235. The molecule has 1 aliphatic heterocycles. The molecule has 0 spiro atoms. The third-order valence-electron chi connectivity index (χ3n) is 4.36. The second kappa shape index (κ2) is 5.40. The van der Waals surface area contributed by atoms with E-state index in [0.29, 0.717) is 13.0 Å². The van der Waals surface area contributed by atoms with Crippen LogP contribution in [-0.4, -0.2) is 50.8 Å². The van der Waals surface area contributed by atoms with E-state index in [1.165, 1.54) is 0 Å². The molecule has 1 aromatic heterocycles. The number of likely N-dealkylation sites (N-methyl/N-ethyl adjacent to an activating group) is 1. The number of carbonyl (C=O) groups excluding carboxylic acids is 2. The Morgan fingerprint density at radius 1 is 1.36 bits per heavy atom. The SMILES string of the molecule is CNC(=O)C1(C)CCCN1C(=O)Cn1nnc2ccccc21. The first-order valence-corrected chi connectivity index (χ1v) is 7.37. The van der Waals surface area contributed by atoms with Gasteiger partial charge in [-0.1, -0.05) is 17.3 Å². The number of likely N-dealkylation sites (tertiary alicyclic amines) is 1. The van der Waals surface area contributed by atoms with E-state index in [-0.39, 0.29) is 18.4 Å². The van der Waals surface area contributed by atoms with E-state index in [0.717, 1.165) is 17.5 Å². The number of aromatic nitrogens is 3. The van der Waals surface area contributed by atoms with Crippen LogP contribution < -0.4 is 5.32 Å². The summed E-state index contributed by atoms with van der Waals surface area (Å²) in [4.78, 5) is 26.4. The molecule has 7 heteroatoms. The van der Waals surface area contributed by atoms with Crippen molar-refractivity contribution >= 4 is 22.8 Å². The van der Waals surface area contributed by atoms with Crippen molar-refractivity contribution in [3.05, 3.63) is 24.3 Å². The zero-order valence-electron chi connectivity index (χ0n) is 12.7. The highest BCUT2D eigenvalue weighted by atomic mass is 16.2. The van der Waals surface area contributed by atoms with Gasteiger partial charge in [-0.3, -0.25) is 9.59 Å². The summed E-state index contributed by atoms with van der Waals surface area (Å²) in [5.41, 5.74) is 0.796. The molecule has 0 saturated carbocycles. The zero-order chi connectivity index (χ0) is 15.7. The van der Waals surface area contributed by atoms with Gasteiger partial charge in [-0.2, -0.15) is 0 Å². The normalized spacial score (nSPS) is 21.3. The molecule has 1 fully saturated rings. The van der Waals surface area contributed by atoms with Crippen LogP contribution >= 0.6 is 0 Å². The van der Waals surface area contributed by atoms with Crippen LogP contribution in [0, 0.1) is 0 Å². The summed E-state index contributed by atoms with van der Waals surface area (Å²) in [5, 5.41) is 10.7. The Hall–Kier alpha value is -2.44. The number of hydrogen-bond acceptors (Lipinski definition) is 4. The van der Waals surface area contributed by atoms with Crippen LogP contribution in [0.5, 0.6) is 0 Å². The van der Waals surface area contributed by atoms with E-state index in [1.807, 2.05) is 31.2 Å². The highest BCUT2D eigenvalue weighted by Gasteiger charge is 2.45. The maximum atomic E-state index is 12.6. The highest BCUT2D eigenvalue weighted by molar-refractivity contribution is 5.91. The summed E-state index contributed by atoms with van der Waals surface area (Å²) < 4.78 is 1.58. The molecule has 2 amide bonds. The van der Waals surface area contributed by atoms with Crippen molar-refractivity contribution in [2.45, 2.75) is 31.8 Å². The Morgan fingerprint density at radius 3 is 2.91 bits per heavy atom. The largest absolute Gasteiger partial charge is 0.357 e. The minimum atomic E-state index is -0.776. The van der Waals surface area contributed by atoms with Gasteiger partial charge in [0.15, 0.2) is 0 Å². The minimum Gasteiger partial charge on any atom is -0.357 e. The summed E-state index contributed by atoms with van der Waals surface area (Å²) in [6, 6.07) is 7.50. The van der Waals surface area contributed by atoms with Gasteiger partial charge in [-0.15, -0.1) is 5.10 Å². The lowest BCUT2D eigenvalue weighted by Crippen LogP contribution is -2.55. The molecular weight excluding hydrogens is 282 g/mol. The van der Waals surface area contributed by atoms with Crippen molar-refractivity contribution in [3.63, 3.8) is 0 Å². The molecule has 22 heavy (non-hydrogen) atoms. The van der Waals surface area contributed by atoms with Crippen molar-refractivity contribution in [2.24, 2.45) is 0 Å². The van der Waals surface area contributed by atoms with Gasteiger partial charge in [0, 0.05) is 13.6 Å². The second-order valence-corrected chi connectivity index (χ2v) is 5.74. The summed E-state index contributed by atoms with van der Waals surface area (Å²) in [6.07, 6.45) is 1.50. The van der Waals surface area contributed by atoms with E-state index >= 15 is 0 Å². The molecule has 1 N–H and O–H groups in total. The monoisotopic (exact) mass is 301 g/mol. The maximum absolute atomic E-state index is 12.6. The number of nitrogens with one attached hydrogen (secondary N) is 1. The first-order chi connectivity index (χ1) is 10.6. The van der Waals surface area contributed by atoms with Gasteiger partial charge in [0.2, 0.25) is 11.8 Å². The number of amides is 2. The van der Waals surface area contributed by atoms with E-state index in [2.05, 4.69) is 15.6 Å². The van der Waals surface area contributed by atoms with Crippen LogP contribution in [0.25, 0.3) is 11.0 Å². The Bertz CT molecular complexity index is 726. The summed E-state index contributed by atoms with van der Waals surface area (Å²) >= 11 is 0. The number of carbonyl (C=O) groups is 2. The van der Waals surface area contributed by atoms with Crippen molar-refractivity contribution < 1.29 is 9.59 Å². The molecule has 1 aromatic carbocycles. The first-order valence-electron chi connectivity index (χ1n) is 7.37. The van der Waals surface area contributed by atoms with Gasteiger partial charge < -0.3 is 10.2 Å². The van der Waals surface area contributed by atoms with Crippen LogP contribution in [0.15, 0.2) is 24.3 Å². The fourth-order valence-corrected chi connectivity index (χ4v) is 3.12. The number of hydrogen-bond donors (Lipinski definition) is 1. The lowest BCUT2D eigenvalue weighted by Gasteiger charge is -2.33. The molecule has 3 rings (SSSR count). The lowest BCUT2D eigenvalue weighted by molar-refractivity contribution is -0.144. The maximum Gasteiger partial charge on any atom is 0.245 e. The van der Waals surface area contributed by atoms with E-state index in [1.54, 1.807) is 16.6 Å². The van der Waals surface area contributed by atoms with Crippen molar-refractivity contribution in [3.8, 4) is 0 Å². The fraction of sp³-hybridized carbons (Fsp3) is 0.467. The molecular formula is C15H19N5O2. The van der Waals surface area contributed by atoms with Crippen LogP contribution in [0.4, 0.5) is 0 Å². The summed E-state index contributed by atoms with van der Waals surface area (Å²) in [6.45, 7) is 2.50. The van der Waals surface area contributed by atoms with Crippen molar-refractivity contribution in [2.75, 3.05) is 13.6 Å². The van der Waals surface area contributed by atoms with Gasteiger partial charge >= 0.3 is 0 Å². The van der Waals surface area contributed by atoms with Crippen LogP contribution in [0.3, 0.4) is 0 Å². The van der Waals surface area contributed by atoms with Gasteiger partial charge in [0.25, 0.3) is 0 Å². The second-order valence-electron chi connectivity index (χ2n) is 5.74. The predicted molar refractivity (Wildman–Crippen MR) is 80.9 cm³/mol. The molecule has 0 aliphatic carbocycles. The molecule has 2 aromatic rings. The van der Waals surface area contributed by atoms with E-state index in [4.69, 9.17) is 0 Å². The Morgan fingerprint density at radius 2 is 2.14 bits per heavy atom. The van der Waals surface area contributed by atoms with E-state index < -0.39 is 5.54 Å². The number of benzene rings is 1. The molecule has 7 nitrogen and oxygen atoms in total. The predicted octanol–water partition coefficient (Wildman–Crippen LogP) is 0.558. The van der Waals surface area contributed by atoms with Gasteiger partial charge in [0.05, 0.1) is 5.52 Å². The molecule has 0 radical (unpaired) electrons. The average molecular weight is 301 g/mol. The highest BCUT2D eigenvalue weighted by Crippen LogP contribution is 2.29. The number of rotatable bonds is 3. The molecule has 116 valence electrons. The molecule has 0 bridgehead atoms. The van der Waals surface area contributed by atoms with Crippen LogP contribution in [0.1, 0.15) is 19.8 Å². The standard InChI is InChI=1S/C15H19N5O2/c1-15(14(22)16-2)8-5-9-19(15)13(21)10-20-12-7-4-3-6-11(12)17-18-20/h3-4,6-7H,5,8-10H2,1-2H3,(H,16,22). The molecule has 2 heterocycles. The first kappa shape index (κ1) is 14.5. The van der Waals surface area contributed by atoms with Gasteiger partial charge in [-0.25, -0.2) is 4.68 Å². The van der Waals surface area contributed by atoms with Gasteiger partial charge in [-0.05, 0) is 31.9 Å². The van der Waals surface area contributed by atoms with Crippen LogP contribution in [0.2, 0.25) is 0 Å². The molecule has 1 saturated heterocycles. The topological polar surface area (TPSA) is 80.1 Å². The average Bonchev–Trinajstić information content (AvgIpc) is 3.11. The smallest absolute Gasteiger partial charge is 0.245 e. The third kappa shape index (κ3) is 2.22. The van der Waals surface area contributed by atoms with Crippen molar-refractivity contribution in [1.29, 1.82) is 0 Å². The third-order valence-corrected chi connectivity index (χ3v) is 4.36. The quantitative estimate of drug-likeness (QED) is 0.898. The molecule has 1 aliphatic rings. The van der Waals surface area contributed by atoms with E-state index in [9.17, 15) is 9.59 Å². The lowest BCUT2D eigenvalue weighted by atomic mass is 9.97.